The largest absolute Gasteiger partial charge is 0.486 e. The number of benzene rings is 1. The maximum atomic E-state index is 11.3. The van der Waals surface area contributed by atoms with Crippen molar-refractivity contribution in [2.45, 2.75) is 6.04 Å². The van der Waals surface area contributed by atoms with Crippen LogP contribution in [0.3, 0.4) is 0 Å². The molecule has 1 aliphatic heterocycles. The van der Waals surface area contributed by atoms with Crippen molar-refractivity contribution in [1.29, 1.82) is 0 Å². The van der Waals surface area contributed by atoms with Crippen LogP contribution in [-0.2, 0) is 10.8 Å². The van der Waals surface area contributed by atoms with E-state index in [1.165, 1.54) is 0 Å². The van der Waals surface area contributed by atoms with Gasteiger partial charge in [-0.1, -0.05) is 6.07 Å². The van der Waals surface area contributed by atoms with Crippen LogP contribution < -0.4 is 14.8 Å². The molecule has 1 aromatic rings. The first kappa shape index (κ1) is 12.4. The van der Waals surface area contributed by atoms with Crippen molar-refractivity contribution in [3.63, 3.8) is 0 Å². The third-order valence-corrected chi connectivity index (χ3v) is 3.52. The zero-order chi connectivity index (χ0) is 12.3. The highest BCUT2D eigenvalue weighted by Crippen LogP contribution is 2.32. The molecule has 0 bridgehead atoms. The topological polar surface area (TPSA) is 47.6 Å². The van der Waals surface area contributed by atoms with Crippen LogP contribution in [0.2, 0.25) is 0 Å². The first-order chi connectivity index (χ1) is 8.20. The van der Waals surface area contributed by atoms with Gasteiger partial charge in [0.05, 0.1) is 0 Å². The summed E-state index contributed by atoms with van der Waals surface area (Å²) in [6.45, 7) is 1.18. The molecule has 1 heterocycles. The zero-order valence-corrected chi connectivity index (χ0v) is 10.9. The quantitative estimate of drug-likeness (QED) is 0.875. The van der Waals surface area contributed by atoms with Crippen molar-refractivity contribution < 1.29 is 13.7 Å². The van der Waals surface area contributed by atoms with Crippen LogP contribution >= 0.6 is 0 Å². The Bertz CT molecular complexity index is 422. The Kier molecular flexibility index (Phi) is 4.02. The van der Waals surface area contributed by atoms with E-state index < -0.39 is 10.8 Å². The molecule has 1 aromatic carbocycles. The average Bonchev–Trinajstić information content (AvgIpc) is 2.35. The Morgan fingerprint density at radius 3 is 2.71 bits per heavy atom. The number of fused-ring (bicyclic) bond motifs is 1. The summed E-state index contributed by atoms with van der Waals surface area (Å²) >= 11 is 0. The van der Waals surface area contributed by atoms with Gasteiger partial charge in [-0.2, -0.15) is 0 Å². The molecule has 2 atom stereocenters. The monoisotopic (exact) mass is 255 g/mol. The van der Waals surface area contributed by atoms with Gasteiger partial charge in [-0.15, -0.1) is 0 Å². The van der Waals surface area contributed by atoms with Gasteiger partial charge in [-0.3, -0.25) is 4.21 Å². The minimum Gasteiger partial charge on any atom is -0.486 e. The first-order valence-electron chi connectivity index (χ1n) is 5.57. The highest BCUT2D eigenvalue weighted by molar-refractivity contribution is 7.84. The summed E-state index contributed by atoms with van der Waals surface area (Å²) in [4.78, 5) is 0. The second-order valence-electron chi connectivity index (χ2n) is 3.98. The minimum atomic E-state index is -0.832. The molecule has 2 unspecified atom stereocenters. The van der Waals surface area contributed by atoms with Gasteiger partial charge in [0.25, 0.3) is 0 Å². The lowest BCUT2D eigenvalue weighted by molar-refractivity contribution is 0.171. The maximum Gasteiger partial charge on any atom is 0.161 e. The zero-order valence-electron chi connectivity index (χ0n) is 10.1. The number of nitrogens with one attached hydrogen (secondary N) is 1. The second-order valence-corrected chi connectivity index (χ2v) is 5.46. The fourth-order valence-corrected chi connectivity index (χ4v) is 2.69. The van der Waals surface area contributed by atoms with Crippen molar-refractivity contribution in [3.8, 4) is 11.5 Å². The van der Waals surface area contributed by atoms with E-state index in [9.17, 15) is 4.21 Å². The Hall–Kier alpha value is -1.07. The van der Waals surface area contributed by atoms with Gasteiger partial charge >= 0.3 is 0 Å². The van der Waals surface area contributed by atoms with Gasteiger partial charge in [0.1, 0.15) is 13.2 Å². The highest BCUT2D eigenvalue weighted by Gasteiger charge is 2.16. The molecule has 17 heavy (non-hydrogen) atoms. The minimum absolute atomic E-state index is 0.0802. The summed E-state index contributed by atoms with van der Waals surface area (Å²) in [7, 11) is 1.04. The Labute approximate surface area is 104 Å². The van der Waals surface area contributed by atoms with Crippen LogP contribution in [0.15, 0.2) is 18.2 Å². The summed E-state index contributed by atoms with van der Waals surface area (Å²) < 4.78 is 22.3. The van der Waals surface area contributed by atoms with Gasteiger partial charge in [-0.05, 0) is 24.7 Å². The van der Waals surface area contributed by atoms with E-state index in [1.54, 1.807) is 6.26 Å². The third kappa shape index (κ3) is 2.98. The highest BCUT2D eigenvalue weighted by atomic mass is 32.2. The Balaban J connectivity index is 2.22. The van der Waals surface area contributed by atoms with E-state index in [0.29, 0.717) is 19.0 Å². The molecular weight excluding hydrogens is 238 g/mol. The van der Waals surface area contributed by atoms with Gasteiger partial charge in [-0.25, -0.2) is 0 Å². The molecule has 0 aliphatic carbocycles. The average molecular weight is 255 g/mol. The molecule has 5 heteroatoms. The molecule has 2 rings (SSSR count). The Morgan fingerprint density at radius 2 is 2.06 bits per heavy atom. The number of hydrogen-bond acceptors (Lipinski definition) is 4. The lowest BCUT2D eigenvalue weighted by Gasteiger charge is -2.21. The molecule has 4 nitrogen and oxygen atoms in total. The number of rotatable bonds is 4. The fourth-order valence-electron chi connectivity index (χ4n) is 1.86. The molecular formula is C12H17NO3S. The molecule has 0 fully saturated rings. The van der Waals surface area contributed by atoms with Crippen LogP contribution in [-0.4, -0.2) is 36.5 Å². The number of hydrogen-bond donors (Lipinski definition) is 1. The van der Waals surface area contributed by atoms with Crippen LogP contribution in [0.1, 0.15) is 11.6 Å². The molecule has 0 saturated heterocycles. The first-order valence-corrected chi connectivity index (χ1v) is 7.30. The third-order valence-electron chi connectivity index (χ3n) is 2.72. The van der Waals surface area contributed by atoms with E-state index in [0.717, 1.165) is 17.1 Å². The van der Waals surface area contributed by atoms with Gasteiger partial charge in [0, 0.05) is 28.9 Å². The number of ether oxygens (including phenoxy) is 2. The van der Waals surface area contributed by atoms with Crippen molar-refractivity contribution in [2.24, 2.45) is 0 Å². The van der Waals surface area contributed by atoms with E-state index in [2.05, 4.69) is 5.32 Å². The lowest BCUT2D eigenvalue weighted by Crippen LogP contribution is -2.23. The van der Waals surface area contributed by atoms with Gasteiger partial charge in [0.2, 0.25) is 0 Å². The summed E-state index contributed by atoms with van der Waals surface area (Å²) in [5.74, 6) is 2.15. The fraction of sp³-hybridized carbons (Fsp3) is 0.500. The van der Waals surface area contributed by atoms with Gasteiger partial charge < -0.3 is 14.8 Å². The van der Waals surface area contributed by atoms with Crippen molar-refractivity contribution in [2.75, 3.05) is 32.3 Å². The molecule has 0 amide bonds. The predicted octanol–water partition coefficient (Wildman–Crippen LogP) is 1.10. The normalized spacial score (nSPS) is 17.5. The molecule has 1 N–H and O–H groups in total. The maximum absolute atomic E-state index is 11.3. The van der Waals surface area contributed by atoms with E-state index in [4.69, 9.17) is 9.47 Å². The Morgan fingerprint density at radius 1 is 1.35 bits per heavy atom. The molecule has 1 aliphatic rings. The van der Waals surface area contributed by atoms with E-state index >= 15 is 0 Å². The molecule has 94 valence electrons. The SMILES string of the molecule is CNC(CS(C)=O)c1ccc2c(c1)OCCO2. The van der Waals surface area contributed by atoms with Crippen LogP contribution in [0.25, 0.3) is 0 Å². The van der Waals surface area contributed by atoms with E-state index in [-0.39, 0.29) is 6.04 Å². The summed E-state index contributed by atoms with van der Waals surface area (Å²) in [6, 6.07) is 5.94. The molecule has 0 spiro atoms. The smallest absolute Gasteiger partial charge is 0.161 e. The second kappa shape index (κ2) is 5.51. The van der Waals surface area contributed by atoms with E-state index in [1.807, 2.05) is 25.2 Å². The molecule has 0 aromatic heterocycles. The molecule has 0 radical (unpaired) electrons. The summed E-state index contributed by atoms with van der Waals surface area (Å²) in [5.41, 5.74) is 1.08. The lowest BCUT2D eigenvalue weighted by atomic mass is 10.1. The predicted molar refractivity (Wildman–Crippen MR) is 68.2 cm³/mol. The van der Waals surface area contributed by atoms with Gasteiger partial charge in [0.15, 0.2) is 11.5 Å². The van der Waals surface area contributed by atoms with Crippen molar-refractivity contribution in [3.05, 3.63) is 23.8 Å². The molecule has 0 saturated carbocycles. The van der Waals surface area contributed by atoms with Crippen molar-refractivity contribution in [1.82, 2.24) is 5.32 Å². The summed E-state index contributed by atoms with van der Waals surface area (Å²) in [5, 5.41) is 3.17. The van der Waals surface area contributed by atoms with Crippen molar-refractivity contribution >= 4 is 10.8 Å². The van der Waals surface area contributed by atoms with Crippen LogP contribution in [0.5, 0.6) is 11.5 Å². The standard InChI is InChI=1S/C12H17NO3S/c1-13-10(8-17(2)14)9-3-4-11-12(7-9)16-6-5-15-11/h3-4,7,10,13H,5-6,8H2,1-2H3. The van der Waals surface area contributed by atoms with Crippen LogP contribution in [0, 0.1) is 0 Å². The summed E-state index contributed by atoms with van der Waals surface area (Å²) in [6.07, 6.45) is 1.71. The van der Waals surface area contributed by atoms with Crippen LogP contribution in [0.4, 0.5) is 0 Å².